The number of rotatable bonds is 28. The minimum atomic E-state index is -0.0494. The maximum Gasteiger partial charge on any atom is 0.305 e. The van der Waals surface area contributed by atoms with Gasteiger partial charge in [-0.1, -0.05) is 104 Å². The van der Waals surface area contributed by atoms with Crippen molar-refractivity contribution in [1.29, 1.82) is 0 Å². The molecule has 1 aromatic heterocycles. The van der Waals surface area contributed by atoms with Gasteiger partial charge in [0.15, 0.2) is 12.4 Å². The Balaban J connectivity index is 1.39. The molecule has 1 saturated heterocycles. The van der Waals surface area contributed by atoms with Crippen LogP contribution in [0.1, 0.15) is 162 Å². The van der Waals surface area contributed by atoms with E-state index < -0.39 is 0 Å². The van der Waals surface area contributed by atoms with Crippen molar-refractivity contribution in [3.05, 3.63) is 24.5 Å². The van der Waals surface area contributed by atoms with Crippen molar-refractivity contribution in [3.63, 3.8) is 0 Å². The average Bonchev–Trinajstić information content (AvgIpc) is 3.04. The zero-order chi connectivity index (χ0) is 30.6. The molecule has 1 fully saturated rings. The van der Waals surface area contributed by atoms with Gasteiger partial charge in [0, 0.05) is 56.3 Å². The molecule has 1 aliphatic heterocycles. The molecule has 1 unspecified atom stereocenters. The smallest absolute Gasteiger partial charge is 0.305 e. The molecule has 5 heteroatoms. The van der Waals surface area contributed by atoms with Crippen LogP contribution in [0.25, 0.3) is 0 Å². The first-order valence-electron chi connectivity index (χ1n) is 18.7. The monoisotopic (exact) mass is 602 g/mol. The number of ether oxygens (including phenoxy) is 2. The highest BCUT2D eigenvalue weighted by Crippen LogP contribution is 2.18. The molecule has 0 N–H and O–H groups in total. The van der Waals surface area contributed by atoms with Crippen molar-refractivity contribution in [3.8, 4) is 0 Å². The standard InChI is InChI=1S/C38H69N2O3/c1-3-5-6-7-8-9-10-11-12-13-14-15-16-23-33-42-34-36(24-4-2)35-43-38(41)25-19-17-20-28-39-31-26-37(27-32-39)40-29-21-18-22-30-40/h26-27,31-32,36H,3-25,28-30,33-35H2,1-2H3/q+1. The van der Waals surface area contributed by atoms with Crippen molar-refractivity contribution in [2.45, 2.75) is 168 Å². The Morgan fingerprint density at radius 2 is 1.30 bits per heavy atom. The van der Waals surface area contributed by atoms with Crippen LogP contribution in [-0.2, 0) is 20.8 Å². The Kier molecular flexibility index (Phi) is 23.4. The number of hydrogen-bond donors (Lipinski definition) is 0. The number of nitrogens with zero attached hydrogens (tertiary/aromatic N) is 2. The van der Waals surface area contributed by atoms with Crippen LogP contribution >= 0.6 is 0 Å². The first-order valence-corrected chi connectivity index (χ1v) is 18.7. The Hall–Kier alpha value is -1.62. The van der Waals surface area contributed by atoms with E-state index in [1.54, 1.807) is 0 Å². The summed E-state index contributed by atoms with van der Waals surface area (Å²) in [5.41, 5.74) is 1.35. The number of pyridine rings is 1. The second-order valence-electron chi connectivity index (χ2n) is 13.2. The van der Waals surface area contributed by atoms with Crippen LogP contribution in [0.4, 0.5) is 5.69 Å². The lowest BCUT2D eigenvalue weighted by Crippen LogP contribution is -2.34. The van der Waals surface area contributed by atoms with Gasteiger partial charge < -0.3 is 14.4 Å². The molecule has 0 saturated carbocycles. The van der Waals surface area contributed by atoms with Gasteiger partial charge in [0.25, 0.3) is 0 Å². The van der Waals surface area contributed by atoms with Gasteiger partial charge in [0.1, 0.15) is 6.54 Å². The molecule has 248 valence electrons. The Bertz CT molecular complexity index is 763. The van der Waals surface area contributed by atoms with Gasteiger partial charge >= 0.3 is 5.97 Å². The summed E-state index contributed by atoms with van der Waals surface area (Å²) in [6, 6.07) is 4.50. The fraction of sp³-hybridized carbons (Fsp3) is 0.842. The lowest BCUT2D eigenvalue weighted by atomic mass is 10.0. The van der Waals surface area contributed by atoms with Crippen molar-refractivity contribution in [1.82, 2.24) is 0 Å². The number of esters is 1. The van der Waals surface area contributed by atoms with Crippen LogP contribution in [0, 0.1) is 5.92 Å². The quantitative estimate of drug-likeness (QED) is 0.0544. The lowest BCUT2D eigenvalue weighted by molar-refractivity contribution is -0.697. The number of hydrogen-bond acceptors (Lipinski definition) is 4. The molecule has 2 heterocycles. The molecular weight excluding hydrogens is 532 g/mol. The summed E-state index contributed by atoms with van der Waals surface area (Å²) in [6.45, 7) is 9.92. The second-order valence-corrected chi connectivity index (χ2v) is 13.2. The van der Waals surface area contributed by atoms with E-state index >= 15 is 0 Å². The van der Waals surface area contributed by atoms with E-state index in [9.17, 15) is 4.79 Å². The minimum absolute atomic E-state index is 0.0494. The first-order chi connectivity index (χ1) is 21.2. The van der Waals surface area contributed by atoms with Crippen molar-refractivity contribution >= 4 is 11.7 Å². The van der Waals surface area contributed by atoms with Crippen LogP contribution in [0.5, 0.6) is 0 Å². The van der Waals surface area contributed by atoms with Crippen molar-refractivity contribution in [2.24, 2.45) is 5.92 Å². The highest BCUT2D eigenvalue weighted by atomic mass is 16.5. The van der Waals surface area contributed by atoms with Gasteiger partial charge in [0.2, 0.25) is 0 Å². The van der Waals surface area contributed by atoms with Gasteiger partial charge in [-0.3, -0.25) is 4.79 Å². The summed E-state index contributed by atoms with van der Waals surface area (Å²) in [5, 5.41) is 0. The molecule has 0 spiro atoms. The van der Waals surface area contributed by atoms with Gasteiger partial charge in [-0.15, -0.1) is 0 Å². The van der Waals surface area contributed by atoms with Gasteiger partial charge in [-0.25, -0.2) is 4.57 Å². The zero-order valence-electron chi connectivity index (χ0n) is 28.5. The molecule has 43 heavy (non-hydrogen) atoms. The SMILES string of the molecule is CCCCCCCCCCCCCCCCOCC(CCC)COC(=O)CCCCC[n+]1ccc(N2CCCCC2)cc1. The third-order valence-corrected chi connectivity index (χ3v) is 9.06. The maximum atomic E-state index is 12.3. The van der Waals surface area contributed by atoms with Crippen LogP contribution in [0.2, 0.25) is 0 Å². The zero-order valence-corrected chi connectivity index (χ0v) is 28.5. The summed E-state index contributed by atoms with van der Waals surface area (Å²) >= 11 is 0. The second kappa shape index (κ2) is 26.8. The predicted octanol–water partition coefficient (Wildman–Crippen LogP) is 9.98. The number of piperidine rings is 1. The maximum absolute atomic E-state index is 12.3. The molecule has 0 aromatic carbocycles. The summed E-state index contributed by atoms with van der Waals surface area (Å²) in [4.78, 5) is 14.8. The molecule has 0 amide bonds. The topological polar surface area (TPSA) is 42.7 Å². The van der Waals surface area contributed by atoms with E-state index in [1.807, 2.05) is 0 Å². The van der Waals surface area contributed by atoms with Crippen LogP contribution in [-0.4, -0.2) is 38.9 Å². The van der Waals surface area contributed by atoms with E-state index in [0.717, 1.165) is 51.7 Å². The molecule has 1 aromatic rings. The highest BCUT2D eigenvalue weighted by molar-refractivity contribution is 5.69. The average molecular weight is 602 g/mol. The summed E-state index contributed by atoms with van der Waals surface area (Å²) in [7, 11) is 0. The number of anilines is 1. The van der Waals surface area contributed by atoms with Gasteiger partial charge in [0.05, 0.1) is 13.2 Å². The molecule has 1 atom stereocenters. The number of carbonyl (C=O) groups is 1. The van der Waals surface area contributed by atoms with E-state index in [0.29, 0.717) is 25.6 Å². The minimum Gasteiger partial charge on any atom is -0.465 e. The molecule has 0 bridgehead atoms. The van der Waals surface area contributed by atoms with E-state index in [2.05, 4.69) is 47.8 Å². The predicted molar refractivity (Wildman–Crippen MR) is 182 cm³/mol. The summed E-state index contributed by atoms with van der Waals surface area (Å²) in [5.74, 6) is 0.275. The molecule has 5 nitrogen and oxygen atoms in total. The number of unbranched alkanes of at least 4 members (excludes halogenated alkanes) is 15. The van der Waals surface area contributed by atoms with Crippen molar-refractivity contribution in [2.75, 3.05) is 37.8 Å². The third-order valence-electron chi connectivity index (χ3n) is 9.06. The van der Waals surface area contributed by atoms with E-state index in [-0.39, 0.29) is 5.97 Å². The first kappa shape index (κ1) is 37.6. The molecular formula is C38H69N2O3+. The largest absolute Gasteiger partial charge is 0.465 e. The van der Waals surface area contributed by atoms with Crippen LogP contribution in [0.15, 0.2) is 24.5 Å². The number of aryl methyl sites for hydroxylation is 1. The van der Waals surface area contributed by atoms with E-state index in [4.69, 9.17) is 9.47 Å². The number of carbonyl (C=O) groups excluding carboxylic acids is 1. The Labute approximate surface area is 266 Å². The Morgan fingerprint density at radius 1 is 0.721 bits per heavy atom. The lowest BCUT2D eigenvalue weighted by Gasteiger charge is -2.28. The molecule has 1 aliphatic rings. The molecule has 2 rings (SSSR count). The molecule has 0 radical (unpaired) electrons. The van der Waals surface area contributed by atoms with Gasteiger partial charge in [-0.05, 0) is 44.9 Å². The summed E-state index contributed by atoms with van der Waals surface area (Å²) in [6.07, 6.45) is 33.4. The van der Waals surface area contributed by atoms with Crippen LogP contribution < -0.4 is 9.47 Å². The van der Waals surface area contributed by atoms with Crippen molar-refractivity contribution < 1.29 is 18.8 Å². The van der Waals surface area contributed by atoms with Gasteiger partial charge in [-0.2, -0.15) is 0 Å². The fourth-order valence-electron chi connectivity index (χ4n) is 6.26. The van der Waals surface area contributed by atoms with Crippen LogP contribution in [0.3, 0.4) is 0 Å². The fourth-order valence-corrected chi connectivity index (χ4v) is 6.26. The Morgan fingerprint density at radius 3 is 1.91 bits per heavy atom. The van der Waals surface area contributed by atoms with E-state index in [1.165, 1.54) is 122 Å². The normalized spacial score (nSPS) is 14.2. The molecule has 0 aliphatic carbocycles. The highest BCUT2D eigenvalue weighted by Gasteiger charge is 2.13. The number of aromatic nitrogens is 1. The third kappa shape index (κ3) is 20.1. The summed E-state index contributed by atoms with van der Waals surface area (Å²) < 4.78 is 13.9.